The monoisotopic (exact) mass is 230 g/mol. The summed E-state index contributed by atoms with van der Waals surface area (Å²) in [7, 11) is 0. The number of aryl methyl sites for hydroxylation is 1. The second-order valence-electron chi connectivity index (χ2n) is 3.75. The molecule has 2 aromatic rings. The van der Waals surface area contributed by atoms with E-state index in [2.05, 4.69) is 0 Å². The molecule has 0 spiro atoms. The second kappa shape index (κ2) is 5.34. The van der Waals surface area contributed by atoms with Crippen molar-refractivity contribution in [1.82, 2.24) is 0 Å². The number of benzene rings is 1. The van der Waals surface area contributed by atoms with E-state index >= 15 is 0 Å². The predicted molar refractivity (Wildman–Crippen MR) is 65.4 cm³/mol. The first-order valence-electron chi connectivity index (χ1n) is 5.52. The minimum Gasteiger partial charge on any atom is -0.486 e. The van der Waals surface area contributed by atoms with Crippen molar-refractivity contribution < 1.29 is 9.15 Å². The van der Waals surface area contributed by atoms with Crippen LogP contribution >= 0.6 is 0 Å². The third-order valence-electron chi connectivity index (χ3n) is 2.49. The fourth-order valence-corrected chi connectivity index (χ4v) is 1.59. The largest absolute Gasteiger partial charge is 0.486 e. The lowest BCUT2D eigenvalue weighted by Crippen LogP contribution is -2.10. The highest BCUT2D eigenvalue weighted by molar-refractivity contribution is 5.23. The van der Waals surface area contributed by atoms with Crippen LogP contribution in [0, 0.1) is 6.92 Å². The van der Waals surface area contributed by atoms with Crippen molar-refractivity contribution in [3.63, 3.8) is 0 Å². The van der Waals surface area contributed by atoms with Crippen LogP contribution in [0.2, 0.25) is 0 Å². The quantitative estimate of drug-likeness (QED) is 0.810. The maximum absolute atomic E-state index is 11.5. The third kappa shape index (κ3) is 2.97. The average molecular weight is 230 g/mol. The summed E-state index contributed by atoms with van der Waals surface area (Å²) in [5.41, 5.74) is 1.05. The third-order valence-corrected chi connectivity index (χ3v) is 2.49. The number of hydrogen-bond acceptors (Lipinski definition) is 3. The van der Waals surface area contributed by atoms with E-state index in [0.717, 1.165) is 6.42 Å². The van der Waals surface area contributed by atoms with Crippen molar-refractivity contribution >= 4 is 0 Å². The molecular formula is C14H14O3. The molecule has 2 rings (SSSR count). The van der Waals surface area contributed by atoms with Crippen LogP contribution in [0.15, 0.2) is 51.9 Å². The summed E-state index contributed by atoms with van der Waals surface area (Å²) in [6.07, 6.45) is 2.15. The van der Waals surface area contributed by atoms with Crippen LogP contribution in [-0.4, -0.2) is 6.61 Å². The van der Waals surface area contributed by atoms with Gasteiger partial charge in [-0.15, -0.1) is 0 Å². The number of hydrogen-bond donors (Lipinski definition) is 0. The van der Waals surface area contributed by atoms with E-state index < -0.39 is 0 Å². The first kappa shape index (κ1) is 11.5. The molecular weight excluding hydrogens is 216 g/mol. The summed E-state index contributed by atoms with van der Waals surface area (Å²) in [4.78, 5) is 11.5. The molecule has 1 aromatic heterocycles. The van der Waals surface area contributed by atoms with Crippen LogP contribution in [0.4, 0.5) is 0 Å². The zero-order valence-electron chi connectivity index (χ0n) is 9.68. The molecule has 3 nitrogen and oxygen atoms in total. The molecule has 1 heterocycles. The highest BCUT2D eigenvalue weighted by Crippen LogP contribution is 2.11. The summed E-state index contributed by atoms with van der Waals surface area (Å²) >= 11 is 0. The minimum absolute atomic E-state index is 0.137. The lowest BCUT2D eigenvalue weighted by Gasteiger charge is -2.06. The van der Waals surface area contributed by atoms with Gasteiger partial charge in [-0.2, -0.15) is 0 Å². The lowest BCUT2D eigenvalue weighted by molar-refractivity contribution is 0.301. The van der Waals surface area contributed by atoms with Gasteiger partial charge in [-0.05, 0) is 12.5 Å². The Balaban J connectivity index is 1.97. The highest BCUT2D eigenvalue weighted by Gasteiger charge is 2.05. The maximum Gasteiger partial charge on any atom is 0.226 e. The Morgan fingerprint density at radius 1 is 1.18 bits per heavy atom. The van der Waals surface area contributed by atoms with E-state index in [1.807, 2.05) is 30.3 Å². The Morgan fingerprint density at radius 2 is 1.94 bits per heavy atom. The standard InChI is InChI=1S/C14H14O3/c1-11-14(13(15)8-10-16-11)17-9-7-12-5-3-2-4-6-12/h2-6,8,10H,7,9H2,1H3. The van der Waals surface area contributed by atoms with Gasteiger partial charge in [0.15, 0.2) is 0 Å². The Hall–Kier alpha value is -2.03. The SMILES string of the molecule is Cc1occc(=O)c1OCCc1ccccc1. The normalized spacial score (nSPS) is 10.2. The van der Waals surface area contributed by atoms with Gasteiger partial charge in [-0.3, -0.25) is 4.79 Å². The molecule has 0 aliphatic heterocycles. The molecule has 0 unspecified atom stereocenters. The van der Waals surface area contributed by atoms with Crippen LogP contribution in [0.25, 0.3) is 0 Å². The van der Waals surface area contributed by atoms with E-state index in [0.29, 0.717) is 18.1 Å². The molecule has 1 aromatic carbocycles. The molecule has 0 atom stereocenters. The first-order valence-corrected chi connectivity index (χ1v) is 5.52. The molecule has 88 valence electrons. The van der Waals surface area contributed by atoms with Crippen molar-refractivity contribution in [2.75, 3.05) is 6.61 Å². The fraction of sp³-hybridized carbons (Fsp3) is 0.214. The Morgan fingerprint density at radius 3 is 2.65 bits per heavy atom. The smallest absolute Gasteiger partial charge is 0.226 e. The van der Waals surface area contributed by atoms with Crippen molar-refractivity contribution in [1.29, 1.82) is 0 Å². The summed E-state index contributed by atoms with van der Waals surface area (Å²) in [6.45, 7) is 2.19. The summed E-state index contributed by atoms with van der Waals surface area (Å²) in [5, 5.41) is 0. The van der Waals surface area contributed by atoms with Gasteiger partial charge in [-0.25, -0.2) is 0 Å². The van der Waals surface area contributed by atoms with Crippen LogP contribution in [0.1, 0.15) is 11.3 Å². The van der Waals surface area contributed by atoms with E-state index in [1.54, 1.807) is 6.92 Å². The molecule has 0 bridgehead atoms. The summed E-state index contributed by atoms with van der Waals surface area (Å²) in [6, 6.07) is 11.4. The molecule has 0 N–H and O–H groups in total. The summed E-state index contributed by atoms with van der Waals surface area (Å²) in [5.74, 6) is 0.828. The Labute approximate surface area is 99.7 Å². The van der Waals surface area contributed by atoms with E-state index in [-0.39, 0.29) is 5.43 Å². The van der Waals surface area contributed by atoms with Crippen LogP contribution < -0.4 is 10.2 Å². The van der Waals surface area contributed by atoms with Gasteiger partial charge in [0.2, 0.25) is 11.2 Å². The molecule has 0 aliphatic carbocycles. The van der Waals surface area contributed by atoms with Crippen molar-refractivity contribution in [2.24, 2.45) is 0 Å². The molecule has 0 radical (unpaired) electrons. The van der Waals surface area contributed by atoms with Gasteiger partial charge < -0.3 is 9.15 Å². The van der Waals surface area contributed by atoms with Gasteiger partial charge >= 0.3 is 0 Å². The van der Waals surface area contributed by atoms with Gasteiger partial charge in [0.05, 0.1) is 12.9 Å². The highest BCUT2D eigenvalue weighted by atomic mass is 16.5. The van der Waals surface area contributed by atoms with Gasteiger partial charge in [0, 0.05) is 12.5 Å². The first-order chi connectivity index (χ1) is 8.27. The molecule has 0 fully saturated rings. The zero-order chi connectivity index (χ0) is 12.1. The summed E-state index contributed by atoms with van der Waals surface area (Å²) < 4.78 is 10.6. The number of ether oxygens (including phenoxy) is 1. The van der Waals surface area contributed by atoms with E-state index in [9.17, 15) is 4.79 Å². The number of rotatable bonds is 4. The van der Waals surface area contributed by atoms with Gasteiger partial charge in [0.25, 0.3) is 0 Å². The average Bonchev–Trinajstić information content (AvgIpc) is 2.34. The van der Waals surface area contributed by atoms with Crippen LogP contribution in [0.5, 0.6) is 5.75 Å². The molecule has 0 saturated heterocycles. The molecule has 0 saturated carbocycles. The van der Waals surface area contributed by atoms with E-state index in [1.165, 1.54) is 17.9 Å². The molecule has 0 aliphatic rings. The van der Waals surface area contributed by atoms with Crippen molar-refractivity contribution in [3.8, 4) is 5.75 Å². The molecule has 0 amide bonds. The maximum atomic E-state index is 11.5. The minimum atomic E-state index is -0.137. The van der Waals surface area contributed by atoms with Crippen molar-refractivity contribution in [3.05, 3.63) is 64.2 Å². The molecule has 3 heteroatoms. The Kier molecular flexibility index (Phi) is 3.60. The van der Waals surface area contributed by atoms with Crippen molar-refractivity contribution in [2.45, 2.75) is 13.3 Å². The van der Waals surface area contributed by atoms with Gasteiger partial charge in [-0.1, -0.05) is 30.3 Å². The lowest BCUT2D eigenvalue weighted by atomic mass is 10.2. The second-order valence-corrected chi connectivity index (χ2v) is 3.75. The van der Waals surface area contributed by atoms with E-state index in [4.69, 9.17) is 9.15 Å². The Bertz CT molecular complexity index is 529. The van der Waals surface area contributed by atoms with Gasteiger partial charge in [0.1, 0.15) is 5.76 Å². The zero-order valence-corrected chi connectivity index (χ0v) is 9.68. The van der Waals surface area contributed by atoms with Crippen LogP contribution in [0.3, 0.4) is 0 Å². The fourth-order valence-electron chi connectivity index (χ4n) is 1.59. The van der Waals surface area contributed by atoms with Crippen LogP contribution in [-0.2, 0) is 6.42 Å². The molecule has 17 heavy (non-hydrogen) atoms. The predicted octanol–water partition coefficient (Wildman–Crippen LogP) is 2.57. The topological polar surface area (TPSA) is 39.4 Å².